The molecule has 2 aromatic heterocycles. The van der Waals surface area contributed by atoms with E-state index in [-0.39, 0.29) is 0 Å². The second kappa shape index (κ2) is 6.93. The van der Waals surface area contributed by atoms with E-state index in [4.69, 9.17) is 16.6 Å². The third-order valence-electron chi connectivity index (χ3n) is 4.63. The van der Waals surface area contributed by atoms with E-state index in [0.717, 1.165) is 30.0 Å². The molecule has 6 nitrogen and oxygen atoms in total. The minimum atomic E-state index is 0.410. The molecule has 1 aromatic carbocycles. The molecule has 130 valence electrons. The van der Waals surface area contributed by atoms with Crippen LogP contribution in [0.5, 0.6) is 0 Å². The molecule has 0 atom stereocenters. The van der Waals surface area contributed by atoms with Crippen molar-refractivity contribution in [3.63, 3.8) is 0 Å². The van der Waals surface area contributed by atoms with Crippen molar-refractivity contribution in [1.29, 1.82) is 0 Å². The van der Waals surface area contributed by atoms with Crippen molar-refractivity contribution < 1.29 is 4.42 Å². The Labute approximate surface area is 151 Å². The largest absolute Gasteiger partial charge is 0.409 e. The second-order valence-corrected chi connectivity index (χ2v) is 6.73. The summed E-state index contributed by atoms with van der Waals surface area (Å²) in [5, 5.41) is 9.07. The van der Waals surface area contributed by atoms with E-state index in [0.29, 0.717) is 17.4 Å². The summed E-state index contributed by atoms with van der Waals surface area (Å²) < 4.78 is 9.42. The van der Waals surface area contributed by atoms with Gasteiger partial charge in [-0.15, -0.1) is 5.10 Å². The number of nitrogens with zero attached hydrogens (tertiary/aromatic N) is 5. The molecule has 1 aliphatic rings. The molecule has 7 heteroatoms. The summed E-state index contributed by atoms with van der Waals surface area (Å²) in [7, 11) is 0. The topological polar surface area (TPSA) is 52.0 Å². The summed E-state index contributed by atoms with van der Waals surface area (Å²) >= 11 is 5.36. The number of aromatic nitrogens is 4. The number of piperidine rings is 1. The van der Waals surface area contributed by atoms with Gasteiger partial charge in [0, 0.05) is 0 Å². The lowest BCUT2D eigenvalue weighted by atomic mass is 10.1. The lowest BCUT2D eigenvalue weighted by Crippen LogP contribution is -2.32. The van der Waals surface area contributed by atoms with E-state index in [9.17, 15) is 0 Å². The first kappa shape index (κ1) is 16.2. The van der Waals surface area contributed by atoms with Crippen molar-refractivity contribution >= 4 is 12.2 Å². The summed E-state index contributed by atoms with van der Waals surface area (Å²) in [5.74, 6) is 0.529. The first-order chi connectivity index (χ1) is 12.2. The first-order valence-electron chi connectivity index (χ1n) is 8.63. The highest BCUT2D eigenvalue weighted by molar-refractivity contribution is 7.71. The summed E-state index contributed by atoms with van der Waals surface area (Å²) in [6.07, 6.45) is 5.57. The van der Waals surface area contributed by atoms with E-state index in [2.05, 4.69) is 15.1 Å². The normalized spacial score (nSPS) is 15.6. The fourth-order valence-corrected chi connectivity index (χ4v) is 3.42. The van der Waals surface area contributed by atoms with Crippen molar-refractivity contribution in [3.8, 4) is 17.1 Å². The Kier molecular flexibility index (Phi) is 4.50. The van der Waals surface area contributed by atoms with Crippen LogP contribution in [0.2, 0.25) is 0 Å². The van der Waals surface area contributed by atoms with Crippen LogP contribution < -0.4 is 0 Å². The number of para-hydroxylation sites is 1. The average molecular weight is 355 g/mol. The fourth-order valence-electron chi connectivity index (χ4n) is 3.24. The molecule has 0 amide bonds. The maximum absolute atomic E-state index is 5.76. The molecule has 4 rings (SSSR count). The fraction of sp³-hybridized carbons (Fsp3) is 0.389. The molecule has 0 aliphatic carbocycles. The van der Waals surface area contributed by atoms with Gasteiger partial charge >= 0.3 is 0 Å². The second-order valence-electron chi connectivity index (χ2n) is 6.38. The van der Waals surface area contributed by atoms with Crippen LogP contribution in [0.15, 0.2) is 40.9 Å². The Bertz CT molecular complexity index is 905. The molecule has 3 aromatic rings. The molecular weight excluding hydrogens is 334 g/mol. The Balaban J connectivity index is 1.61. The minimum Gasteiger partial charge on any atom is -0.409 e. The molecule has 0 saturated carbocycles. The first-order valence-corrected chi connectivity index (χ1v) is 9.04. The SMILES string of the molecule is Cc1c(-c2nn(CN3CCCCC3)c(=S)o2)cnn1-c1ccccc1. The summed E-state index contributed by atoms with van der Waals surface area (Å²) in [6, 6.07) is 10.0. The van der Waals surface area contributed by atoms with Crippen LogP contribution in [-0.2, 0) is 6.67 Å². The molecular formula is C18H21N5OS. The maximum Gasteiger partial charge on any atom is 0.288 e. The van der Waals surface area contributed by atoms with Gasteiger partial charge in [-0.3, -0.25) is 4.90 Å². The van der Waals surface area contributed by atoms with Crippen molar-refractivity contribution in [2.45, 2.75) is 32.9 Å². The van der Waals surface area contributed by atoms with Crippen LogP contribution >= 0.6 is 12.2 Å². The molecule has 0 spiro atoms. The number of rotatable bonds is 4. The highest BCUT2D eigenvalue weighted by Gasteiger charge is 2.18. The number of likely N-dealkylation sites (tertiary alicyclic amines) is 1. The highest BCUT2D eigenvalue weighted by atomic mass is 32.1. The van der Waals surface area contributed by atoms with Crippen LogP contribution in [0.1, 0.15) is 25.0 Å². The van der Waals surface area contributed by atoms with Crippen LogP contribution in [0, 0.1) is 11.8 Å². The molecule has 0 N–H and O–H groups in total. The van der Waals surface area contributed by atoms with Crippen molar-refractivity contribution in [2.75, 3.05) is 13.1 Å². The van der Waals surface area contributed by atoms with Gasteiger partial charge < -0.3 is 4.42 Å². The van der Waals surface area contributed by atoms with Gasteiger partial charge in [-0.2, -0.15) is 5.10 Å². The lowest BCUT2D eigenvalue weighted by molar-refractivity contribution is 0.170. The molecule has 0 radical (unpaired) electrons. The number of hydrogen-bond donors (Lipinski definition) is 0. The van der Waals surface area contributed by atoms with Gasteiger partial charge in [-0.05, 0) is 57.2 Å². The molecule has 1 saturated heterocycles. The monoisotopic (exact) mass is 355 g/mol. The molecule has 1 fully saturated rings. The minimum absolute atomic E-state index is 0.410. The lowest BCUT2D eigenvalue weighted by Gasteiger charge is -2.25. The Morgan fingerprint density at radius 3 is 2.64 bits per heavy atom. The van der Waals surface area contributed by atoms with Gasteiger partial charge in [0.05, 0.1) is 29.8 Å². The van der Waals surface area contributed by atoms with Crippen LogP contribution in [0.25, 0.3) is 17.1 Å². The predicted octanol–water partition coefficient (Wildman–Crippen LogP) is 3.81. The Morgan fingerprint density at radius 2 is 1.88 bits per heavy atom. The van der Waals surface area contributed by atoms with Gasteiger partial charge in [0.25, 0.3) is 4.84 Å². The predicted molar refractivity (Wildman–Crippen MR) is 98.0 cm³/mol. The number of hydrogen-bond acceptors (Lipinski definition) is 5. The quantitative estimate of drug-likeness (QED) is 0.666. The smallest absolute Gasteiger partial charge is 0.288 e. The van der Waals surface area contributed by atoms with Gasteiger partial charge in [0.1, 0.15) is 0 Å². The van der Waals surface area contributed by atoms with E-state index in [1.54, 1.807) is 10.9 Å². The average Bonchev–Trinajstić information content (AvgIpc) is 3.19. The third kappa shape index (κ3) is 3.29. The van der Waals surface area contributed by atoms with Crippen molar-refractivity contribution in [2.24, 2.45) is 0 Å². The molecule has 25 heavy (non-hydrogen) atoms. The van der Waals surface area contributed by atoms with Gasteiger partial charge in [-0.25, -0.2) is 9.36 Å². The van der Waals surface area contributed by atoms with E-state index >= 15 is 0 Å². The molecule has 0 bridgehead atoms. The number of benzene rings is 1. The van der Waals surface area contributed by atoms with Crippen LogP contribution in [0.3, 0.4) is 0 Å². The van der Waals surface area contributed by atoms with Gasteiger partial charge in [0.2, 0.25) is 5.89 Å². The van der Waals surface area contributed by atoms with Crippen LogP contribution in [-0.4, -0.2) is 37.6 Å². The van der Waals surface area contributed by atoms with Gasteiger partial charge in [0.15, 0.2) is 0 Å². The highest BCUT2D eigenvalue weighted by Crippen LogP contribution is 2.24. The third-order valence-corrected chi connectivity index (χ3v) is 4.92. The van der Waals surface area contributed by atoms with Gasteiger partial charge in [-0.1, -0.05) is 24.6 Å². The Hall–Kier alpha value is -2.25. The summed E-state index contributed by atoms with van der Waals surface area (Å²) in [4.78, 5) is 2.78. The zero-order valence-electron chi connectivity index (χ0n) is 14.3. The van der Waals surface area contributed by atoms with E-state index in [1.165, 1.54) is 19.3 Å². The molecule has 1 aliphatic heterocycles. The maximum atomic E-state index is 5.76. The van der Waals surface area contributed by atoms with E-state index in [1.807, 2.05) is 41.9 Å². The van der Waals surface area contributed by atoms with E-state index < -0.39 is 0 Å². The molecule has 0 unspecified atom stereocenters. The molecule has 3 heterocycles. The summed E-state index contributed by atoms with van der Waals surface area (Å²) in [6.45, 7) is 4.88. The van der Waals surface area contributed by atoms with Crippen LogP contribution in [0.4, 0.5) is 0 Å². The zero-order valence-corrected chi connectivity index (χ0v) is 15.1. The standard InChI is InChI=1S/C18H21N5OS/c1-14-16(12-19-23(14)15-8-4-2-5-9-15)17-20-22(18(25)24-17)13-21-10-6-3-7-11-21/h2,4-5,8-9,12H,3,6-7,10-11,13H2,1H3. The summed E-state index contributed by atoms with van der Waals surface area (Å²) in [5.41, 5.74) is 2.86. The zero-order chi connectivity index (χ0) is 17.2. The van der Waals surface area contributed by atoms with Crippen molar-refractivity contribution in [1.82, 2.24) is 24.5 Å². The Morgan fingerprint density at radius 1 is 1.12 bits per heavy atom. The van der Waals surface area contributed by atoms with Crippen molar-refractivity contribution in [3.05, 3.63) is 47.1 Å².